The molecule has 7 heteroatoms. The molecular weight excluding hydrogens is 402 g/mol. The summed E-state index contributed by atoms with van der Waals surface area (Å²) in [4.78, 5) is 23.8. The van der Waals surface area contributed by atoms with E-state index in [9.17, 15) is 4.79 Å². The number of hydrogen-bond acceptors (Lipinski definition) is 5. The van der Waals surface area contributed by atoms with Crippen molar-refractivity contribution in [2.75, 3.05) is 25.5 Å². The minimum atomic E-state index is -0.183. The van der Waals surface area contributed by atoms with Gasteiger partial charge in [-0.25, -0.2) is 14.8 Å². The second kappa shape index (κ2) is 10.2. The third-order valence-electron chi connectivity index (χ3n) is 5.85. The number of ether oxygens (including phenoxy) is 1. The fourth-order valence-corrected chi connectivity index (χ4v) is 4.11. The molecule has 4 rings (SSSR count). The SMILES string of the molecule is COc1ccc(C2CN(Cc3ncccn3)CC[C@H]2NC(=O)Nc2ccc(C)cc2)cc1. The number of methoxy groups -OCH3 is 1. The molecule has 1 aromatic heterocycles. The molecule has 1 aliphatic rings. The molecule has 0 radical (unpaired) electrons. The van der Waals surface area contributed by atoms with Crippen LogP contribution in [0.15, 0.2) is 67.0 Å². The first-order valence-electron chi connectivity index (χ1n) is 10.9. The van der Waals surface area contributed by atoms with Crippen LogP contribution in [0.1, 0.15) is 29.3 Å². The molecule has 0 saturated carbocycles. The number of nitrogens with zero attached hydrogens (tertiary/aromatic N) is 3. The summed E-state index contributed by atoms with van der Waals surface area (Å²) in [6.07, 6.45) is 4.38. The van der Waals surface area contributed by atoms with E-state index in [0.29, 0.717) is 6.54 Å². The minimum absolute atomic E-state index is 0.0155. The van der Waals surface area contributed by atoms with Crippen LogP contribution in [0, 0.1) is 6.92 Å². The standard InChI is InChI=1S/C25H29N5O2/c1-18-4-8-20(9-5-18)28-25(31)29-23-12-15-30(17-24-26-13-3-14-27-24)16-22(23)19-6-10-21(32-2)11-7-19/h3-11,13-14,22-23H,12,15-17H2,1-2H3,(H2,28,29,31)/t22?,23-/m1/s1. The van der Waals surface area contributed by atoms with Crippen molar-refractivity contribution in [3.8, 4) is 5.75 Å². The monoisotopic (exact) mass is 431 g/mol. The zero-order chi connectivity index (χ0) is 22.3. The predicted molar refractivity (Wildman–Crippen MR) is 125 cm³/mol. The third-order valence-corrected chi connectivity index (χ3v) is 5.85. The Hall–Kier alpha value is -3.45. The highest BCUT2D eigenvalue weighted by molar-refractivity contribution is 5.89. The normalized spacial score (nSPS) is 18.7. The van der Waals surface area contributed by atoms with Crippen molar-refractivity contribution >= 4 is 11.7 Å². The summed E-state index contributed by atoms with van der Waals surface area (Å²) in [6, 6.07) is 17.6. The van der Waals surface area contributed by atoms with Gasteiger partial charge in [-0.2, -0.15) is 0 Å². The van der Waals surface area contributed by atoms with E-state index in [-0.39, 0.29) is 18.0 Å². The number of amides is 2. The van der Waals surface area contributed by atoms with Crippen LogP contribution in [0.2, 0.25) is 0 Å². The van der Waals surface area contributed by atoms with Crippen molar-refractivity contribution in [1.29, 1.82) is 0 Å². The van der Waals surface area contributed by atoms with Crippen molar-refractivity contribution in [1.82, 2.24) is 20.2 Å². The summed E-state index contributed by atoms with van der Waals surface area (Å²) in [5.74, 6) is 1.77. The molecule has 2 N–H and O–H groups in total. The molecule has 3 aromatic rings. The summed E-state index contributed by atoms with van der Waals surface area (Å²) < 4.78 is 5.32. The molecule has 0 spiro atoms. The number of carbonyl (C=O) groups excluding carboxylic acids is 1. The molecule has 0 aliphatic carbocycles. The van der Waals surface area contributed by atoms with Gasteiger partial charge in [-0.05, 0) is 49.2 Å². The lowest BCUT2D eigenvalue weighted by Crippen LogP contribution is -2.50. The Kier molecular flexibility index (Phi) is 6.97. The molecule has 2 heterocycles. The van der Waals surface area contributed by atoms with E-state index in [0.717, 1.165) is 42.3 Å². The lowest BCUT2D eigenvalue weighted by Gasteiger charge is -2.39. The molecule has 1 unspecified atom stereocenters. The van der Waals surface area contributed by atoms with Crippen LogP contribution in [-0.2, 0) is 6.54 Å². The van der Waals surface area contributed by atoms with Crippen molar-refractivity contribution in [3.05, 3.63) is 83.9 Å². The van der Waals surface area contributed by atoms with Crippen LogP contribution in [0.25, 0.3) is 0 Å². The Morgan fingerprint density at radius 3 is 2.50 bits per heavy atom. The number of urea groups is 1. The lowest BCUT2D eigenvalue weighted by atomic mass is 9.86. The molecule has 1 saturated heterocycles. The number of aromatic nitrogens is 2. The van der Waals surface area contributed by atoms with Gasteiger partial charge in [0.2, 0.25) is 0 Å². The fraction of sp³-hybridized carbons (Fsp3) is 0.320. The Morgan fingerprint density at radius 2 is 1.81 bits per heavy atom. The van der Waals surface area contributed by atoms with Crippen LogP contribution in [-0.4, -0.2) is 47.1 Å². The zero-order valence-electron chi connectivity index (χ0n) is 18.5. The van der Waals surface area contributed by atoms with Crippen LogP contribution in [0.4, 0.5) is 10.5 Å². The Balaban J connectivity index is 1.47. The number of benzene rings is 2. The number of nitrogens with one attached hydrogen (secondary N) is 2. The molecule has 1 aliphatic heterocycles. The number of likely N-dealkylation sites (tertiary alicyclic amines) is 1. The van der Waals surface area contributed by atoms with Crippen molar-refractivity contribution in [3.63, 3.8) is 0 Å². The van der Waals surface area contributed by atoms with Crippen molar-refractivity contribution in [2.45, 2.75) is 31.8 Å². The number of anilines is 1. The van der Waals surface area contributed by atoms with E-state index in [2.05, 4.69) is 37.6 Å². The van der Waals surface area contributed by atoms with Crippen LogP contribution in [0.5, 0.6) is 5.75 Å². The van der Waals surface area contributed by atoms with Gasteiger partial charge in [-0.15, -0.1) is 0 Å². The highest BCUT2D eigenvalue weighted by Crippen LogP contribution is 2.29. The number of hydrogen-bond donors (Lipinski definition) is 2. The second-order valence-corrected chi connectivity index (χ2v) is 8.14. The van der Waals surface area contributed by atoms with Crippen LogP contribution >= 0.6 is 0 Å². The van der Waals surface area contributed by atoms with Gasteiger partial charge in [0.1, 0.15) is 11.6 Å². The topological polar surface area (TPSA) is 79.4 Å². The van der Waals surface area contributed by atoms with Gasteiger partial charge >= 0.3 is 6.03 Å². The Bertz CT molecular complexity index is 1010. The van der Waals surface area contributed by atoms with E-state index in [1.807, 2.05) is 49.4 Å². The van der Waals surface area contributed by atoms with E-state index >= 15 is 0 Å². The van der Waals surface area contributed by atoms with E-state index < -0.39 is 0 Å². The van der Waals surface area contributed by atoms with Crippen molar-refractivity contribution in [2.24, 2.45) is 0 Å². The number of carbonyl (C=O) groups is 1. The molecule has 1 fully saturated rings. The van der Waals surface area contributed by atoms with Gasteiger partial charge in [0.15, 0.2) is 0 Å². The number of piperidine rings is 1. The van der Waals surface area contributed by atoms with E-state index in [1.165, 1.54) is 5.56 Å². The molecule has 166 valence electrons. The minimum Gasteiger partial charge on any atom is -0.497 e. The summed E-state index contributed by atoms with van der Waals surface area (Å²) in [7, 11) is 1.66. The summed E-state index contributed by atoms with van der Waals surface area (Å²) in [5, 5.41) is 6.16. The van der Waals surface area contributed by atoms with Gasteiger partial charge in [-0.1, -0.05) is 29.8 Å². The van der Waals surface area contributed by atoms with Crippen LogP contribution < -0.4 is 15.4 Å². The largest absolute Gasteiger partial charge is 0.497 e. The summed E-state index contributed by atoms with van der Waals surface area (Å²) in [6.45, 7) is 4.38. The molecule has 2 atom stereocenters. The van der Waals surface area contributed by atoms with Crippen molar-refractivity contribution < 1.29 is 9.53 Å². The Labute approximate surface area is 188 Å². The predicted octanol–water partition coefficient (Wildman–Crippen LogP) is 3.97. The van der Waals surface area contributed by atoms with Gasteiger partial charge in [0, 0.05) is 43.1 Å². The third kappa shape index (κ3) is 5.62. The first-order chi connectivity index (χ1) is 15.6. The molecule has 0 bridgehead atoms. The molecule has 2 aromatic carbocycles. The highest BCUT2D eigenvalue weighted by Gasteiger charge is 2.32. The van der Waals surface area contributed by atoms with Crippen LogP contribution in [0.3, 0.4) is 0 Å². The second-order valence-electron chi connectivity index (χ2n) is 8.14. The van der Waals surface area contributed by atoms with E-state index in [4.69, 9.17) is 4.74 Å². The maximum Gasteiger partial charge on any atom is 0.319 e. The molecule has 2 amide bonds. The number of aryl methyl sites for hydroxylation is 1. The maximum absolute atomic E-state index is 12.7. The molecular formula is C25H29N5O2. The Morgan fingerprint density at radius 1 is 1.09 bits per heavy atom. The average Bonchev–Trinajstić information content (AvgIpc) is 2.82. The fourth-order valence-electron chi connectivity index (χ4n) is 4.11. The highest BCUT2D eigenvalue weighted by atomic mass is 16.5. The smallest absolute Gasteiger partial charge is 0.319 e. The zero-order valence-corrected chi connectivity index (χ0v) is 18.5. The number of rotatable bonds is 6. The molecule has 7 nitrogen and oxygen atoms in total. The quantitative estimate of drug-likeness (QED) is 0.617. The first kappa shape index (κ1) is 21.8. The van der Waals surface area contributed by atoms with Gasteiger partial charge in [0.05, 0.1) is 13.7 Å². The maximum atomic E-state index is 12.7. The first-order valence-corrected chi connectivity index (χ1v) is 10.9. The summed E-state index contributed by atoms with van der Waals surface area (Å²) >= 11 is 0. The van der Waals surface area contributed by atoms with Gasteiger partial charge < -0.3 is 15.4 Å². The van der Waals surface area contributed by atoms with Gasteiger partial charge in [0.25, 0.3) is 0 Å². The summed E-state index contributed by atoms with van der Waals surface area (Å²) in [5.41, 5.74) is 3.11. The molecule has 32 heavy (non-hydrogen) atoms. The average molecular weight is 432 g/mol. The lowest BCUT2D eigenvalue weighted by molar-refractivity contribution is 0.165. The van der Waals surface area contributed by atoms with E-state index in [1.54, 1.807) is 19.5 Å². The van der Waals surface area contributed by atoms with Gasteiger partial charge in [-0.3, -0.25) is 4.90 Å².